The molecule has 0 aliphatic rings. The molecule has 1 N–H and O–H groups in total. The van der Waals surface area contributed by atoms with Crippen LogP contribution in [0.4, 0.5) is 0 Å². The zero-order chi connectivity index (χ0) is 19.3. The molecule has 2 heterocycles. The molecule has 2 aromatic heterocycles. The number of thioether (sulfide) groups is 1. The van der Waals surface area contributed by atoms with Crippen LogP contribution in [0.25, 0.3) is 11.0 Å². The Labute approximate surface area is 159 Å². The summed E-state index contributed by atoms with van der Waals surface area (Å²) in [4.78, 5) is 34.7. The Balaban J connectivity index is 2.24. The first-order valence-corrected chi connectivity index (χ1v) is 10.3. The standard InChI is InChI=1S/C19H30N4O2S/c1-6-7-9-22(5)16(24)12-26-19-21-15-11-14(4)20-17(15)18(25)23(19)10-8-13(2)3/h11,13,20H,6-10,12H2,1-5H3. The number of nitrogens with zero attached hydrogens (tertiary/aromatic N) is 3. The van der Waals surface area contributed by atoms with Gasteiger partial charge in [0.15, 0.2) is 5.16 Å². The molecule has 0 atom stereocenters. The van der Waals surface area contributed by atoms with Crippen molar-refractivity contribution in [3.63, 3.8) is 0 Å². The maximum Gasteiger partial charge on any atom is 0.278 e. The van der Waals surface area contributed by atoms with Crippen molar-refractivity contribution in [2.75, 3.05) is 19.3 Å². The third-order valence-electron chi connectivity index (χ3n) is 4.37. The summed E-state index contributed by atoms with van der Waals surface area (Å²) in [5, 5.41) is 0.624. The zero-order valence-electron chi connectivity index (χ0n) is 16.5. The third kappa shape index (κ3) is 5.13. The molecule has 7 heteroatoms. The van der Waals surface area contributed by atoms with E-state index in [4.69, 9.17) is 0 Å². The van der Waals surface area contributed by atoms with Gasteiger partial charge in [0.25, 0.3) is 5.56 Å². The molecule has 0 saturated heterocycles. The van der Waals surface area contributed by atoms with Crippen LogP contribution in [-0.4, -0.2) is 44.7 Å². The Bertz CT molecular complexity index is 810. The summed E-state index contributed by atoms with van der Waals surface area (Å²) in [5.41, 5.74) is 2.07. The van der Waals surface area contributed by atoms with Crippen LogP contribution < -0.4 is 5.56 Å². The van der Waals surface area contributed by atoms with E-state index in [9.17, 15) is 9.59 Å². The molecule has 0 unspecified atom stereocenters. The quantitative estimate of drug-likeness (QED) is 0.536. The number of hydrogen-bond donors (Lipinski definition) is 1. The van der Waals surface area contributed by atoms with Crippen LogP contribution in [0.15, 0.2) is 16.0 Å². The van der Waals surface area contributed by atoms with E-state index in [-0.39, 0.29) is 11.5 Å². The highest BCUT2D eigenvalue weighted by Crippen LogP contribution is 2.20. The molecular formula is C19H30N4O2S. The summed E-state index contributed by atoms with van der Waals surface area (Å²) < 4.78 is 1.71. The minimum absolute atomic E-state index is 0.0574. The van der Waals surface area contributed by atoms with Crippen molar-refractivity contribution < 1.29 is 4.79 Å². The fourth-order valence-electron chi connectivity index (χ4n) is 2.66. The molecule has 2 rings (SSSR count). The number of aryl methyl sites for hydroxylation is 1. The summed E-state index contributed by atoms with van der Waals surface area (Å²) in [6, 6.07) is 1.88. The number of hydrogen-bond acceptors (Lipinski definition) is 4. The summed E-state index contributed by atoms with van der Waals surface area (Å²) >= 11 is 1.35. The number of aromatic nitrogens is 3. The molecule has 0 radical (unpaired) electrons. The lowest BCUT2D eigenvalue weighted by atomic mass is 10.1. The van der Waals surface area contributed by atoms with Gasteiger partial charge in [0, 0.05) is 25.8 Å². The van der Waals surface area contributed by atoms with Gasteiger partial charge in [0.2, 0.25) is 5.91 Å². The molecule has 6 nitrogen and oxygen atoms in total. The fourth-order valence-corrected chi connectivity index (χ4v) is 3.63. The molecular weight excluding hydrogens is 348 g/mol. The Morgan fingerprint density at radius 1 is 1.42 bits per heavy atom. The van der Waals surface area contributed by atoms with Gasteiger partial charge in [-0.3, -0.25) is 14.2 Å². The first-order chi connectivity index (χ1) is 12.3. The third-order valence-corrected chi connectivity index (χ3v) is 5.33. The van der Waals surface area contributed by atoms with E-state index in [1.54, 1.807) is 9.47 Å². The molecule has 0 saturated carbocycles. The van der Waals surface area contributed by atoms with Crippen LogP contribution in [0.5, 0.6) is 0 Å². The lowest BCUT2D eigenvalue weighted by Gasteiger charge is -2.17. The van der Waals surface area contributed by atoms with Gasteiger partial charge in [0.1, 0.15) is 5.52 Å². The van der Waals surface area contributed by atoms with E-state index in [1.807, 2.05) is 20.0 Å². The first-order valence-electron chi connectivity index (χ1n) is 9.30. The Hall–Kier alpha value is -1.76. The normalized spacial score (nSPS) is 11.5. The average molecular weight is 379 g/mol. The molecule has 0 spiro atoms. The van der Waals surface area contributed by atoms with Gasteiger partial charge in [0.05, 0.1) is 11.3 Å². The van der Waals surface area contributed by atoms with Gasteiger partial charge in [-0.25, -0.2) is 4.98 Å². The number of unbranched alkanes of at least 4 members (excludes halogenated alkanes) is 1. The molecule has 26 heavy (non-hydrogen) atoms. The molecule has 0 aliphatic carbocycles. The molecule has 144 valence electrons. The van der Waals surface area contributed by atoms with Gasteiger partial charge >= 0.3 is 0 Å². The van der Waals surface area contributed by atoms with Crippen LogP contribution in [0, 0.1) is 12.8 Å². The highest BCUT2D eigenvalue weighted by molar-refractivity contribution is 7.99. The number of carbonyl (C=O) groups excluding carboxylic acids is 1. The minimum Gasteiger partial charge on any atom is -0.353 e. The minimum atomic E-state index is -0.0574. The highest BCUT2D eigenvalue weighted by Gasteiger charge is 2.16. The Morgan fingerprint density at radius 2 is 2.15 bits per heavy atom. The Morgan fingerprint density at radius 3 is 2.81 bits per heavy atom. The van der Waals surface area contributed by atoms with E-state index in [0.29, 0.717) is 34.4 Å². The summed E-state index contributed by atoms with van der Waals surface area (Å²) in [5.74, 6) is 0.851. The lowest BCUT2D eigenvalue weighted by molar-refractivity contribution is -0.127. The maximum atomic E-state index is 12.9. The predicted octanol–water partition coefficient (Wildman–Crippen LogP) is 3.43. The summed E-state index contributed by atoms with van der Waals surface area (Å²) in [6.45, 7) is 9.67. The zero-order valence-corrected chi connectivity index (χ0v) is 17.3. The number of H-pyrrole nitrogens is 1. The number of rotatable bonds is 9. The van der Waals surface area contributed by atoms with Crippen LogP contribution >= 0.6 is 11.8 Å². The lowest BCUT2D eigenvalue weighted by Crippen LogP contribution is -2.30. The smallest absolute Gasteiger partial charge is 0.278 e. The molecule has 0 aliphatic heterocycles. The van der Waals surface area contributed by atoms with E-state index in [0.717, 1.165) is 31.5 Å². The number of fused-ring (bicyclic) bond motifs is 1. The topological polar surface area (TPSA) is 71.0 Å². The van der Waals surface area contributed by atoms with Gasteiger partial charge < -0.3 is 9.88 Å². The Kier molecular flexibility index (Phi) is 7.32. The van der Waals surface area contributed by atoms with Gasteiger partial charge in [-0.05, 0) is 31.7 Å². The summed E-state index contributed by atoms with van der Waals surface area (Å²) in [6.07, 6.45) is 2.95. The van der Waals surface area contributed by atoms with E-state index >= 15 is 0 Å². The van der Waals surface area contributed by atoms with Crippen molar-refractivity contribution in [2.24, 2.45) is 5.92 Å². The number of carbonyl (C=O) groups is 1. The monoisotopic (exact) mass is 378 g/mol. The molecule has 0 bridgehead atoms. The highest BCUT2D eigenvalue weighted by atomic mass is 32.2. The van der Waals surface area contributed by atoms with Crippen LogP contribution in [0.1, 0.15) is 45.7 Å². The predicted molar refractivity (Wildman–Crippen MR) is 108 cm³/mol. The first kappa shape index (κ1) is 20.6. The van der Waals surface area contributed by atoms with Crippen molar-refractivity contribution >= 4 is 28.7 Å². The van der Waals surface area contributed by atoms with Crippen LogP contribution in [0.3, 0.4) is 0 Å². The van der Waals surface area contributed by atoms with Crippen LogP contribution in [-0.2, 0) is 11.3 Å². The van der Waals surface area contributed by atoms with Gasteiger partial charge in [-0.15, -0.1) is 0 Å². The summed E-state index contributed by atoms with van der Waals surface area (Å²) in [7, 11) is 1.83. The molecule has 2 aromatic rings. The number of aromatic amines is 1. The molecule has 0 aromatic carbocycles. The maximum absolute atomic E-state index is 12.9. The fraction of sp³-hybridized carbons (Fsp3) is 0.632. The molecule has 1 amide bonds. The van der Waals surface area contributed by atoms with Crippen molar-refractivity contribution in [1.29, 1.82) is 0 Å². The average Bonchev–Trinajstić information content (AvgIpc) is 2.97. The largest absolute Gasteiger partial charge is 0.353 e. The van der Waals surface area contributed by atoms with E-state index in [1.165, 1.54) is 11.8 Å². The second kappa shape index (κ2) is 9.26. The van der Waals surface area contributed by atoms with Crippen LogP contribution in [0.2, 0.25) is 0 Å². The van der Waals surface area contributed by atoms with Crippen molar-refractivity contribution in [3.8, 4) is 0 Å². The molecule has 0 fully saturated rings. The van der Waals surface area contributed by atoms with Crippen molar-refractivity contribution in [2.45, 2.75) is 58.7 Å². The van der Waals surface area contributed by atoms with Gasteiger partial charge in [-0.1, -0.05) is 39.0 Å². The SMILES string of the molecule is CCCCN(C)C(=O)CSc1nc2cc(C)[nH]c2c(=O)n1CCC(C)C. The van der Waals surface area contributed by atoms with Crippen molar-refractivity contribution in [1.82, 2.24) is 19.4 Å². The number of amides is 1. The van der Waals surface area contributed by atoms with E-state index < -0.39 is 0 Å². The number of nitrogens with one attached hydrogen (secondary N) is 1. The second-order valence-electron chi connectivity index (χ2n) is 7.20. The van der Waals surface area contributed by atoms with E-state index in [2.05, 4.69) is 30.7 Å². The van der Waals surface area contributed by atoms with Crippen molar-refractivity contribution in [3.05, 3.63) is 22.1 Å². The second-order valence-corrected chi connectivity index (χ2v) is 8.15. The van der Waals surface area contributed by atoms with Gasteiger partial charge in [-0.2, -0.15) is 0 Å².